The molecule has 146 valence electrons. The number of rotatable bonds is 3. The minimum absolute atomic E-state index is 0.398. The third kappa shape index (κ3) is 3.72. The standard InChI is InChI=1S/C22H22F2N2O2/c23-20(24)19(17-7-2-1-3-8-17)25-21(27)26-14-12-22(13-15-26)11-10-16-6-4-5-9-18(16)28-22/h1-11,19-20H,12-15H2,(H,25,27). The number of urea groups is 1. The number of fused-ring (bicyclic) bond motifs is 1. The Morgan fingerprint density at radius 2 is 1.71 bits per heavy atom. The van der Waals surface area contributed by atoms with Gasteiger partial charge in [-0.3, -0.25) is 0 Å². The summed E-state index contributed by atoms with van der Waals surface area (Å²) in [5.41, 5.74) is 0.998. The fourth-order valence-electron chi connectivity index (χ4n) is 3.74. The molecule has 2 aromatic carbocycles. The number of carbonyl (C=O) groups is 1. The molecule has 0 aromatic heterocycles. The zero-order valence-corrected chi connectivity index (χ0v) is 15.4. The van der Waals surface area contributed by atoms with Crippen molar-refractivity contribution in [1.29, 1.82) is 0 Å². The van der Waals surface area contributed by atoms with E-state index in [1.807, 2.05) is 24.3 Å². The lowest BCUT2D eigenvalue weighted by Crippen LogP contribution is -2.52. The number of nitrogens with one attached hydrogen (secondary N) is 1. The third-order valence-electron chi connectivity index (χ3n) is 5.39. The fraction of sp³-hybridized carbons (Fsp3) is 0.318. The summed E-state index contributed by atoms with van der Waals surface area (Å²) in [7, 11) is 0. The zero-order valence-electron chi connectivity index (χ0n) is 15.4. The summed E-state index contributed by atoms with van der Waals surface area (Å²) in [6.45, 7) is 0.895. The zero-order chi connectivity index (χ0) is 19.6. The highest BCUT2D eigenvalue weighted by Crippen LogP contribution is 2.37. The van der Waals surface area contributed by atoms with Crippen LogP contribution in [0.5, 0.6) is 5.75 Å². The molecule has 4 rings (SSSR count). The van der Waals surface area contributed by atoms with Gasteiger partial charge in [0.2, 0.25) is 0 Å². The molecule has 2 aliphatic heterocycles. The molecular formula is C22H22F2N2O2. The molecule has 1 N–H and O–H groups in total. The van der Waals surface area contributed by atoms with Crippen LogP contribution in [0.15, 0.2) is 60.7 Å². The topological polar surface area (TPSA) is 41.6 Å². The monoisotopic (exact) mass is 384 g/mol. The number of carbonyl (C=O) groups excluding carboxylic acids is 1. The first kappa shape index (κ1) is 18.5. The van der Waals surface area contributed by atoms with Crippen molar-refractivity contribution in [3.05, 3.63) is 71.8 Å². The molecular weight excluding hydrogens is 362 g/mol. The number of nitrogens with zero attached hydrogens (tertiary/aromatic N) is 1. The molecule has 1 fully saturated rings. The van der Waals surface area contributed by atoms with Crippen molar-refractivity contribution in [2.45, 2.75) is 30.9 Å². The van der Waals surface area contributed by atoms with Gasteiger partial charge in [0.15, 0.2) is 0 Å². The van der Waals surface area contributed by atoms with Gasteiger partial charge in [0.1, 0.15) is 17.4 Å². The van der Waals surface area contributed by atoms with Crippen molar-refractivity contribution in [1.82, 2.24) is 10.2 Å². The first-order chi connectivity index (χ1) is 13.6. The molecule has 0 radical (unpaired) electrons. The van der Waals surface area contributed by atoms with E-state index in [2.05, 4.69) is 17.5 Å². The smallest absolute Gasteiger partial charge is 0.318 e. The van der Waals surface area contributed by atoms with Crippen molar-refractivity contribution >= 4 is 12.1 Å². The Morgan fingerprint density at radius 1 is 1.04 bits per heavy atom. The quantitative estimate of drug-likeness (QED) is 0.837. The maximum Gasteiger partial charge on any atom is 0.318 e. The summed E-state index contributed by atoms with van der Waals surface area (Å²) >= 11 is 0. The number of hydrogen-bond acceptors (Lipinski definition) is 2. The number of likely N-dealkylation sites (tertiary alicyclic amines) is 1. The molecule has 28 heavy (non-hydrogen) atoms. The Labute approximate surface area is 162 Å². The third-order valence-corrected chi connectivity index (χ3v) is 5.39. The van der Waals surface area contributed by atoms with Gasteiger partial charge in [-0.05, 0) is 17.7 Å². The molecule has 0 saturated carbocycles. The highest BCUT2D eigenvalue weighted by molar-refractivity contribution is 5.75. The largest absolute Gasteiger partial charge is 0.482 e. The van der Waals surface area contributed by atoms with Crippen molar-refractivity contribution < 1.29 is 18.3 Å². The number of alkyl halides is 2. The number of ether oxygens (including phenoxy) is 1. The number of piperidine rings is 1. The van der Waals surface area contributed by atoms with E-state index >= 15 is 0 Å². The van der Waals surface area contributed by atoms with E-state index in [9.17, 15) is 13.6 Å². The highest BCUT2D eigenvalue weighted by Gasteiger charge is 2.38. The van der Waals surface area contributed by atoms with Crippen molar-refractivity contribution in [2.24, 2.45) is 0 Å². The van der Waals surface area contributed by atoms with E-state index < -0.39 is 24.1 Å². The van der Waals surface area contributed by atoms with E-state index in [1.54, 1.807) is 35.2 Å². The summed E-state index contributed by atoms with van der Waals surface area (Å²) in [6.07, 6.45) is 2.67. The van der Waals surface area contributed by atoms with Crippen molar-refractivity contribution in [3.8, 4) is 5.75 Å². The van der Waals surface area contributed by atoms with Gasteiger partial charge in [-0.25, -0.2) is 13.6 Å². The normalized spacial score (nSPS) is 18.5. The van der Waals surface area contributed by atoms with Crippen LogP contribution >= 0.6 is 0 Å². The van der Waals surface area contributed by atoms with E-state index in [-0.39, 0.29) is 0 Å². The number of benzene rings is 2. The van der Waals surface area contributed by atoms with E-state index in [0.717, 1.165) is 11.3 Å². The summed E-state index contributed by atoms with van der Waals surface area (Å²) < 4.78 is 33.2. The molecule has 4 nitrogen and oxygen atoms in total. The molecule has 0 aliphatic carbocycles. The molecule has 1 unspecified atom stereocenters. The summed E-state index contributed by atoms with van der Waals surface area (Å²) in [4.78, 5) is 14.2. The average molecular weight is 384 g/mol. The number of halogens is 2. The Hall–Kier alpha value is -2.89. The molecule has 1 saturated heterocycles. The Balaban J connectivity index is 1.39. The second-order valence-corrected chi connectivity index (χ2v) is 7.20. The van der Waals surface area contributed by atoms with Crippen LogP contribution in [-0.4, -0.2) is 36.0 Å². The van der Waals surface area contributed by atoms with Crippen LogP contribution in [0.2, 0.25) is 0 Å². The van der Waals surface area contributed by atoms with Gasteiger partial charge >= 0.3 is 6.03 Å². The van der Waals surface area contributed by atoms with E-state index in [0.29, 0.717) is 31.5 Å². The average Bonchev–Trinajstić information content (AvgIpc) is 2.72. The van der Waals surface area contributed by atoms with Gasteiger partial charge in [0, 0.05) is 31.5 Å². The lowest BCUT2D eigenvalue weighted by molar-refractivity contribution is 0.0458. The molecule has 2 heterocycles. The Bertz CT molecular complexity index is 862. The van der Waals surface area contributed by atoms with Crippen LogP contribution in [0.3, 0.4) is 0 Å². The number of amides is 2. The predicted molar refractivity (Wildman–Crippen MR) is 103 cm³/mol. The molecule has 2 aromatic rings. The molecule has 1 atom stereocenters. The fourth-order valence-corrected chi connectivity index (χ4v) is 3.74. The summed E-state index contributed by atoms with van der Waals surface area (Å²) in [6, 6.07) is 14.4. The van der Waals surface area contributed by atoms with Crippen LogP contribution in [0.1, 0.15) is 30.0 Å². The lowest BCUT2D eigenvalue weighted by Gasteiger charge is -2.42. The van der Waals surface area contributed by atoms with Crippen LogP contribution in [0.4, 0.5) is 13.6 Å². The minimum atomic E-state index is -2.68. The van der Waals surface area contributed by atoms with Gasteiger partial charge in [0.05, 0.1) is 0 Å². The van der Waals surface area contributed by atoms with Crippen LogP contribution in [-0.2, 0) is 0 Å². The van der Waals surface area contributed by atoms with Crippen molar-refractivity contribution in [3.63, 3.8) is 0 Å². The first-order valence-electron chi connectivity index (χ1n) is 9.42. The summed E-state index contributed by atoms with van der Waals surface area (Å²) in [5, 5.41) is 2.49. The van der Waals surface area contributed by atoms with Gasteiger partial charge < -0.3 is 15.0 Å². The molecule has 6 heteroatoms. The second kappa shape index (κ2) is 7.62. The number of hydrogen-bond donors (Lipinski definition) is 1. The summed E-state index contributed by atoms with van der Waals surface area (Å²) in [5.74, 6) is 0.838. The number of para-hydroxylation sites is 1. The molecule has 2 aliphatic rings. The van der Waals surface area contributed by atoms with Crippen LogP contribution < -0.4 is 10.1 Å². The Morgan fingerprint density at radius 3 is 2.43 bits per heavy atom. The maximum absolute atomic E-state index is 13.5. The SMILES string of the molecule is O=C(NC(c1ccccc1)C(F)F)N1CCC2(C=Cc3ccccc3O2)CC1. The van der Waals surface area contributed by atoms with E-state index in [4.69, 9.17) is 4.74 Å². The minimum Gasteiger partial charge on any atom is -0.482 e. The van der Waals surface area contributed by atoms with Gasteiger partial charge in [0.25, 0.3) is 6.43 Å². The van der Waals surface area contributed by atoms with Crippen LogP contribution in [0.25, 0.3) is 6.08 Å². The van der Waals surface area contributed by atoms with Crippen LogP contribution in [0, 0.1) is 0 Å². The van der Waals surface area contributed by atoms with Gasteiger partial charge in [-0.1, -0.05) is 54.6 Å². The van der Waals surface area contributed by atoms with E-state index in [1.165, 1.54) is 0 Å². The van der Waals surface area contributed by atoms with Crippen molar-refractivity contribution in [2.75, 3.05) is 13.1 Å². The highest BCUT2D eigenvalue weighted by atomic mass is 19.3. The van der Waals surface area contributed by atoms with Gasteiger partial charge in [-0.2, -0.15) is 0 Å². The predicted octanol–water partition coefficient (Wildman–Crippen LogP) is 4.64. The molecule has 2 amide bonds. The lowest BCUT2D eigenvalue weighted by atomic mass is 9.88. The second-order valence-electron chi connectivity index (χ2n) is 7.20. The van der Waals surface area contributed by atoms with Gasteiger partial charge in [-0.15, -0.1) is 0 Å². The first-order valence-corrected chi connectivity index (χ1v) is 9.42. The maximum atomic E-state index is 13.5. The Kier molecular flexibility index (Phi) is 5.03. The molecule has 1 spiro atoms. The molecule has 0 bridgehead atoms.